The number of nitrogens with zero attached hydrogens (tertiary/aromatic N) is 3. The van der Waals surface area contributed by atoms with Crippen molar-refractivity contribution in [1.29, 1.82) is 0 Å². The quantitative estimate of drug-likeness (QED) is 0.754. The minimum Gasteiger partial charge on any atom is -0.481 e. The SMILES string of the molecule is COc1ccc(-c2nc(Cl)c(Br)c(C(C)(C)C)n2)cn1. The maximum atomic E-state index is 6.19. The van der Waals surface area contributed by atoms with Gasteiger partial charge >= 0.3 is 0 Å². The van der Waals surface area contributed by atoms with E-state index >= 15 is 0 Å². The topological polar surface area (TPSA) is 47.9 Å². The fourth-order valence-corrected chi connectivity index (χ4v) is 2.62. The molecule has 0 bridgehead atoms. The Balaban J connectivity index is 2.54. The van der Waals surface area contributed by atoms with Gasteiger partial charge in [-0.1, -0.05) is 32.4 Å². The van der Waals surface area contributed by atoms with Gasteiger partial charge in [0.25, 0.3) is 0 Å². The Morgan fingerprint density at radius 3 is 2.40 bits per heavy atom. The summed E-state index contributed by atoms with van der Waals surface area (Å²) < 4.78 is 5.77. The molecule has 0 saturated carbocycles. The van der Waals surface area contributed by atoms with Crippen LogP contribution in [0.5, 0.6) is 5.88 Å². The molecule has 0 fully saturated rings. The largest absolute Gasteiger partial charge is 0.481 e. The maximum Gasteiger partial charge on any atom is 0.212 e. The lowest BCUT2D eigenvalue weighted by Crippen LogP contribution is -2.16. The van der Waals surface area contributed by atoms with Crippen molar-refractivity contribution in [3.8, 4) is 17.3 Å². The standard InChI is InChI=1S/C14H15BrClN3O/c1-14(2,3)11-10(15)12(16)19-13(18-11)8-5-6-9(20-4)17-7-8/h5-7H,1-4H3. The van der Waals surface area contributed by atoms with Crippen LogP contribution in [0.1, 0.15) is 26.5 Å². The summed E-state index contributed by atoms with van der Waals surface area (Å²) in [5.41, 5.74) is 1.52. The summed E-state index contributed by atoms with van der Waals surface area (Å²) in [4.78, 5) is 13.1. The highest BCUT2D eigenvalue weighted by Crippen LogP contribution is 2.34. The molecule has 0 aromatic carbocycles. The van der Waals surface area contributed by atoms with Gasteiger partial charge in [-0.3, -0.25) is 0 Å². The Labute approximate surface area is 131 Å². The molecule has 0 N–H and O–H groups in total. The van der Waals surface area contributed by atoms with E-state index in [1.165, 1.54) is 0 Å². The maximum absolute atomic E-state index is 6.19. The molecule has 0 amide bonds. The molecule has 0 aliphatic heterocycles. The van der Waals surface area contributed by atoms with E-state index in [0.29, 0.717) is 16.9 Å². The van der Waals surface area contributed by atoms with Crippen molar-refractivity contribution < 1.29 is 4.74 Å². The Morgan fingerprint density at radius 2 is 1.90 bits per heavy atom. The first kappa shape index (κ1) is 15.2. The number of pyridine rings is 1. The highest BCUT2D eigenvalue weighted by molar-refractivity contribution is 9.10. The third kappa shape index (κ3) is 3.10. The summed E-state index contributed by atoms with van der Waals surface area (Å²) in [7, 11) is 1.58. The normalized spacial score (nSPS) is 11.5. The molecule has 0 aliphatic rings. The summed E-state index contributed by atoms with van der Waals surface area (Å²) in [5.74, 6) is 1.10. The summed E-state index contributed by atoms with van der Waals surface area (Å²) >= 11 is 9.64. The molecule has 2 rings (SSSR count). The van der Waals surface area contributed by atoms with E-state index in [2.05, 4.69) is 51.7 Å². The van der Waals surface area contributed by atoms with Crippen LogP contribution in [0.15, 0.2) is 22.8 Å². The van der Waals surface area contributed by atoms with Crippen LogP contribution in [0.3, 0.4) is 0 Å². The lowest BCUT2D eigenvalue weighted by molar-refractivity contribution is 0.398. The Bertz CT molecular complexity index is 624. The molecule has 2 aromatic rings. The Morgan fingerprint density at radius 1 is 1.20 bits per heavy atom. The average molecular weight is 357 g/mol. The van der Waals surface area contributed by atoms with E-state index in [0.717, 1.165) is 15.7 Å². The molecular weight excluding hydrogens is 342 g/mol. The molecule has 4 nitrogen and oxygen atoms in total. The van der Waals surface area contributed by atoms with Gasteiger partial charge in [-0.15, -0.1) is 0 Å². The zero-order chi connectivity index (χ0) is 14.9. The van der Waals surface area contributed by atoms with Gasteiger partial charge in [0.05, 0.1) is 17.3 Å². The highest BCUT2D eigenvalue weighted by Gasteiger charge is 2.23. The second-order valence-corrected chi connectivity index (χ2v) is 6.49. The first-order valence-corrected chi connectivity index (χ1v) is 7.24. The summed E-state index contributed by atoms with van der Waals surface area (Å²) in [6, 6.07) is 3.63. The van der Waals surface area contributed by atoms with Crippen molar-refractivity contribution in [3.05, 3.63) is 33.6 Å². The van der Waals surface area contributed by atoms with E-state index in [1.807, 2.05) is 6.07 Å². The van der Waals surface area contributed by atoms with Crippen LogP contribution in [0, 0.1) is 0 Å². The van der Waals surface area contributed by atoms with Crippen LogP contribution < -0.4 is 4.74 Å². The molecule has 0 atom stereocenters. The molecule has 0 saturated heterocycles. The van der Waals surface area contributed by atoms with Gasteiger partial charge < -0.3 is 4.74 Å². The van der Waals surface area contributed by atoms with Gasteiger partial charge in [-0.2, -0.15) is 0 Å². The minimum absolute atomic E-state index is 0.139. The molecule has 6 heteroatoms. The highest BCUT2D eigenvalue weighted by atomic mass is 79.9. The van der Waals surface area contributed by atoms with Gasteiger partial charge in [0.15, 0.2) is 5.82 Å². The van der Waals surface area contributed by atoms with Crippen LogP contribution in [-0.2, 0) is 5.41 Å². The summed E-state index contributed by atoms with van der Waals surface area (Å²) in [6.45, 7) is 6.23. The molecule has 0 spiro atoms. The zero-order valence-electron chi connectivity index (χ0n) is 11.7. The predicted octanol–water partition coefficient (Wildman–Crippen LogP) is 4.26. The third-order valence-corrected chi connectivity index (χ3v) is 3.98. The van der Waals surface area contributed by atoms with Gasteiger partial charge in [0.1, 0.15) is 5.15 Å². The van der Waals surface area contributed by atoms with Crippen molar-refractivity contribution in [2.75, 3.05) is 7.11 Å². The van der Waals surface area contributed by atoms with Gasteiger partial charge in [-0.25, -0.2) is 15.0 Å². The first-order chi connectivity index (χ1) is 9.32. The number of hydrogen-bond donors (Lipinski definition) is 0. The number of ether oxygens (including phenoxy) is 1. The van der Waals surface area contributed by atoms with Gasteiger partial charge in [-0.05, 0) is 22.0 Å². The van der Waals surface area contributed by atoms with Crippen molar-refractivity contribution in [1.82, 2.24) is 15.0 Å². The Kier molecular flexibility index (Phi) is 4.30. The van der Waals surface area contributed by atoms with Crippen LogP contribution in [0.25, 0.3) is 11.4 Å². The monoisotopic (exact) mass is 355 g/mol. The van der Waals surface area contributed by atoms with Gasteiger partial charge in [0, 0.05) is 23.2 Å². The second kappa shape index (κ2) is 5.66. The van der Waals surface area contributed by atoms with Crippen molar-refractivity contribution in [2.45, 2.75) is 26.2 Å². The van der Waals surface area contributed by atoms with E-state index in [1.54, 1.807) is 19.4 Å². The number of hydrogen-bond acceptors (Lipinski definition) is 4. The smallest absolute Gasteiger partial charge is 0.212 e. The number of halogens is 2. The predicted molar refractivity (Wildman–Crippen MR) is 83.2 cm³/mol. The summed E-state index contributed by atoms with van der Waals surface area (Å²) in [5, 5.41) is 0.399. The van der Waals surface area contributed by atoms with E-state index in [-0.39, 0.29) is 5.41 Å². The van der Waals surface area contributed by atoms with Crippen LogP contribution in [0.4, 0.5) is 0 Å². The summed E-state index contributed by atoms with van der Waals surface area (Å²) in [6.07, 6.45) is 1.67. The van der Waals surface area contributed by atoms with E-state index in [4.69, 9.17) is 16.3 Å². The molecule has 20 heavy (non-hydrogen) atoms. The van der Waals surface area contributed by atoms with Crippen LogP contribution in [-0.4, -0.2) is 22.1 Å². The van der Waals surface area contributed by atoms with Crippen LogP contribution >= 0.6 is 27.5 Å². The Hall–Kier alpha value is -1.20. The van der Waals surface area contributed by atoms with Crippen molar-refractivity contribution in [2.24, 2.45) is 0 Å². The average Bonchev–Trinajstić information content (AvgIpc) is 2.40. The molecule has 106 valence electrons. The fourth-order valence-electron chi connectivity index (χ4n) is 1.68. The van der Waals surface area contributed by atoms with Crippen molar-refractivity contribution in [3.63, 3.8) is 0 Å². The molecule has 2 heterocycles. The third-order valence-electron chi connectivity index (χ3n) is 2.72. The molecule has 0 unspecified atom stereocenters. The molecule has 0 aliphatic carbocycles. The van der Waals surface area contributed by atoms with Crippen LogP contribution in [0.2, 0.25) is 5.15 Å². The van der Waals surface area contributed by atoms with E-state index < -0.39 is 0 Å². The number of rotatable bonds is 2. The molecule has 0 radical (unpaired) electrons. The van der Waals surface area contributed by atoms with E-state index in [9.17, 15) is 0 Å². The lowest BCUT2D eigenvalue weighted by Gasteiger charge is -2.20. The lowest BCUT2D eigenvalue weighted by atomic mass is 9.92. The zero-order valence-corrected chi connectivity index (χ0v) is 14.1. The minimum atomic E-state index is -0.139. The fraction of sp³-hybridized carbons (Fsp3) is 0.357. The number of aromatic nitrogens is 3. The second-order valence-electron chi connectivity index (χ2n) is 5.34. The van der Waals surface area contributed by atoms with Crippen molar-refractivity contribution >= 4 is 27.5 Å². The molecular formula is C14H15BrClN3O. The first-order valence-electron chi connectivity index (χ1n) is 6.07. The number of methoxy groups -OCH3 is 1. The molecule has 2 aromatic heterocycles. The van der Waals surface area contributed by atoms with Gasteiger partial charge in [0.2, 0.25) is 5.88 Å².